The van der Waals surface area contributed by atoms with E-state index in [1.807, 2.05) is 6.07 Å². The number of hydrogen-bond acceptors (Lipinski definition) is 2. The van der Waals surface area contributed by atoms with Gasteiger partial charge in [0.1, 0.15) is 5.41 Å². The first-order valence-electron chi connectivity index (χ1n) is 11.1. The van der Waals surface area contributed by atoms with Gasteiger partial charge in [0.2, 0.25) is 0 Å². The maximum Gasteiger partial charge on any atom is 0.111 e. The molecule has 1 unspecified atom stereocenters. The van der Waals surface area contributed by atoms with Gasteiger partial charge in [-0.15, -0.1) is 0 Å². The molecule has 0 saturated carbocycles. The molecule has 4 rings (SSSR count). The predicted molar refractivity (Wildman–Crippen MR) is 123 cm³/mol. The van der Waals surface area contributed by atoms with Crippen LogP contribution in [-0.4, -0.2) is 18.0 Å². The van der Waals surface area contributed by atoms with Crippen molar-refractivity contribution in [3.63, 3.8) is 0 Å². The Labute approximate surface area is 180 Å². The van der Waals surface area contributed by atoms with Crippen LogP contribution >= 0.6 is 0 Å². The van der Waals surface area contributed by atoms with Crippen molar-refractivity contribution in [3.05, 3.63) is 107 Å². The Kier molecular flexibility index (Phi) is 6.31. The number of hydrogen-bond donors (Lipinski definition) is 0. The van der Waals surface area contributed by atoms with Gasteiger partial charge in [0, 0.05) is 13.1 Å². The zero-order valence-corrected chi connectivity index (χ0v) is 17.8. The van der Waals surface area contributed by atoms with Crippen molar-refractivity contribution in [1.82, 2.24) is 4.90 Å². The lowest BCUT2D eigenvalue weighted by molar-refractivity contribution is 0.298. The highest BCUT2D eigenvalue weighted by molar-refractivity contribution is 5.48. The maximum absolute atomic E-state index is 10.7. The lowest BCUT2D eigenvalue weighted by Gasteiger charge is -2.34. The summed E-state index contributed by atoms with van der Waals surface area (Å²) in [5.41, 5.74) is 4.31. The van der Waals surface area contributed by atoms with Crippen molar-refractivity contribution in [3.8, 4) is 6.07 Å². The number of benzene rings is 3. The molecule has 1 saturated heterocycles. The third kappa shape index (κ3) is 4.04. The highest BCUT2D eigenvalue weighted by Gasteiger charge is 2.45. The van der Waals surface area contributed by atoms with Crippen LogP contribution in [0, 0.1) is 17.2 Å². The van der Waals surface area contributed by atoms with E-state index in [1.54, 1.807) is 0 Å². The second-order valence-corrected chi connectivity index (χ2v) is 8.44. The molecular weight excluding hydrogens is 364 g/mol. The largest absolute Gasteiger partial charge is 0.299 e. The zero-order valence-electron chi connectivity index (χ0n) is 17.8. The minimum atomic E-state index is -0.615. The summed E-state index contributed by atoms with van der Waals surface area (Å²) >= 11 is 0. The molecule has 0 bridgehead atoms. The van der Waals surface area contributed by atoms with Crippen LogP contribution in [0.15, 0.2) is 84.9 Å². The molecule has 152 valence electrons. The summed E-state index contributed by atoms with van der Waals surface area (Å²) in [5.74, 6) is 0.269. The molecule has 1 aliphatic heterocycles. The molecule has 0 aliphatic carbocycles. The molecule has 0 radical (unpaired) electrons. The van der Waals surface area contributed by atoms with E-state index in [4.69, 9.17) is 0 Å². The zero-order chi connectivity index (χ0) is 20.8. The van der Waals surface area contributed by atoms with Crippen molar-refractivity contribution < 1.29 is 0 Å². The monoisotopic (exact) mass is 394 g/mol. The molecule has 0 spiro atoms. The molecule has 0 aromatic heterocycles. The Morgan fingerprint density at radius 3 is 2.27 bits per heavy atom. The van der Waals surface area contributed by atoms with Gasteiger partial charge in [-0.2, -0.15) is 5.26 Å². The van der Waals surface area contributed by atoms with E-state index in [-0.39, 0.29) is 5.92 Å². The Hall–Kier alpha value is -2.89. The Morgan fingerprint density at radius 2 is 1.57 bits per heavy atom. The third-order valence-corrected chi connectivity index (χ3v) is 6.46. The molecule has 30 heavy (non-hydrogen) atoms. The van der Waals surface area contributed by atoms with Crippen LogP contribution in [-0.2, 0) is 18.4 Å². The summed E-state index contributed by atoms with van der Waals surface area (Å²) < 4.78 is 0. The second-order valence-electron chi connectivity index (χ2n) is 8.44. The maximum atomic E-state index is 10.7. The average Bonchev–Trinajstić information content (AvgIpc) is 3.25. The summed E-state index contributed by atoms with van der Waals surface area (Å²) in [6.45, 7) is 5.13. The molecule has 0 N–H and O–H groups in total. The fourth-order valence-corrected chi connectivity index (χ4v) is 4.99. The second kappa shape index (κ2) is 9.28. The van der Waals surface area contributed by atoms with Crippen molar-refractivity contribution in [1.29, 1.82) is 5.26 Å². The van der Waals surface area contributed by atoms with E-state index in [1.165, 1.54) is 11.1 Å². The molecular formula is C28H30N2. The number of nitriles is 1. The van der Waals surface area contributed by atoms with E-state index in [0.717, 1.165) is 50.0 Å². The van der Waals surface area contributed by atoms with Gasteiger partial charge >= 0.3 is 0 Å². The first kappa shape index (κ1) is 20.4. The normalized spacial score (nSPS) is 18.6. The van der Waals surface area contributed by atoms with Crippen LogP contribution in [0.2, 0.25) is 0 Å². The standard InChI is InChI=1S/C28H30N2/c1-2-10-23-13-9-16-26(19-23)28(22-29,25-14-7-4-8-15-25)27-17-18-30(21-27)20-24-11-5-3-6-12-24/h3-9,11-16,19,27H,2,10,17-18,20-21H2,1H3/t27-,28?/m1/s1. The van der Waals surface area contributed by atoms with Crippen LogP contribution in [0.1, 0.15) is 42.0 Å². The minimum Gasteiger partial charge on any atom is -0.299 e. The summed E-state index contributed by atoms with van der Waals surface area (Å²) in [5, 5.41) is 10.7. The Morgan fingerprint density at radius 1 is 0.900 bits per heavy atom. The van der Waals surface area contributed by atoms with Gasteiger partial charge in [-0.3, -0.25) is 4.90 Å². The number of rotatable bonds is 7. The average molecular weight is 395 g/mol. The van der Waals surface area contributed by atoms with Crippen LogP contribution in [0.3, 0.4) is 0 Å². The number of likely N-dealkylation sites (tertiary alicyclic amines) is 1. The van der Waals surface area contributed by atoms with Gasteiger partial charge < -0.3 is 0 Å². The molecule has 2 heteroatoms. The first-order valence-corrected chi connectivity index (χ1v) is 11.1. The summed E-state index contributed by atoms with van der Waals surface area (Å²) in [6, 6.07) is 32.7. The van der Waals surface area contributed by atoms with E-state index in [9.17, 15) is 5.26 Å². The molecule has 2 nitrogen and oxygen atoms in total. The molecule has 3 aromatic rings. The van der Waals surface area contributed by atoms with E-state index in [2.05, 4.69) is 96.8 Å². The molecule has 1 aliphatic rings. The highest BCUT2D eigenvalue weighted by atomic mass is 15.1. The topological polar surface area (TPSA) is 27.0 Å². The predicted octanol–water partition coefficient (Wildman–Crippen LogP) is 5.97. The van der Waals surface area contributed by atoms with Crippen LogP contribution in [0.5, 0.6) is 0 Å². The van der Waals surface area contributed by atoms with E-state index < -0.39 is 5.41 Å². The van der Waals surface area contributed by atoms with E-state index >= 15 is 0 Å². The third-order valence-electron chi connectivity index (χ3n) is 6.46. The van der Waals surface area contributed by atoms with Gasteiger partial charge in [0.05, 0.1) is 6.07 Å². The minimum absolute atomic E-state index is 0.269. The quantitative estimate of drug-likeness (QED) is 0.493. The van der Waals surface area contributed by atoms with Crippen LogP contribution in [0.25, 0.3) is 0 Å². The number of aryl methyl sites for hydroxylation is 1. The van der Waals surface area contributed by atoms with Gasteiger partial charge in [-0.1, -0.05) is 98.3 Å². The van der Waals surface area contributed by atoms with Gasteiger partial charge in [0.15, 0.2) is 0 Å². The lowest BCUT2D eigenvalue weighted by Crippen LogP contribution is -2.37. The summed E-state index contributed by atoms with van der Waals surface area (Å²) in [4.78, 5) is 2.50. The first-order chi connectivity index (χ1) is 14.8. The van der Waals surface area contributed by atoms with Crippen molar-refractivity contribution >= 4 is 0 Å². The van der Waals surface area contributed by atoms with Gasteiger partial charge in [-0.05, 0) is 47.6 Å². The highest BCUT2D eigenvalue weighted by Crippen LogP contribution is 2.43. The van der Waals surface area contributed by atoms with Gasteiger partial charge in [-0.25, -0.2) is 0 Å². The van der Waals surface area contributed by atoms with Crippen molar-refractivity contribution in [2.75, 3.05) is 13.1 Å². The molecule has 1 heterocycles. The molecule has 1 fully saturated rings. The molecule has 2 atom stereocenters. The SMILES string of the molecule is CCCc1cccc(C(C#N)(c2ccccc2)[C@@H]2CCN(Cc3ccccc3)C2)c1. The Balaban J connectivity index is 1.70. The van der Waals surface area contributed by atoms with Crippen LogP contribution < -0.4 is 0 Å². The smallest absolute Gasteiger partial charge is 0.111 e. The van der Waals surface area contributed by atoms with Crippen LogP contribution in [0.4, 0.5) is 0 Å². The fraction of sp³-hybridized carbons (Fsp3) is 0.321. The van der Waals surface area contributed by atoms with Crippen molar-refractivity contribution in [2.24, 2.45) is 5.92 Å². The summed E-state index contributed by atoms with van der Waals surface area (Å²) in [7, 11) is 0. The van der Waals surface area contributed by atoms with Crippen molar-refractivity contribution in [2.45, 2.75) is 38.1 Å². The van der Waals surface area contributed by atoms with E-state index in [0.29, 0.717) is 0 Å². The van der Waals surface area contributed by atoms with Gasteiger partial charge in [0.25, 0.3) is 0 Å². The molecule has 3 aromatic carbocycles. The number of nitrogens with zero attached hydrogens (tertiary/aromatic N) is 2. The fourth-order valence-electron chi connectivity index (χ4n) is 4.99. The summed E-state index contributed by atoms with van der Waals surface area (Å²) in [6.07, 6.45) is 3.20. The Bertz CT molecular complexity index is 990. The lowest BCUT2D eigenvalue weighted by atomic mass is 9.66. The molecule has 0 amide bonds.